The zero-order valence-corrected chi connectivity index (χ0v) is 26.1. The maximum absolute atomic E-state index is 13.9. The van der Waals surface area contributed by atoms with Crippen molar-refractivity contribution in [3.8, 4) is 0 Å². The Labute approximate surface area is 260 Å². The zero-order chi connectivity index (χ0) is 31.6. The van der Waals surface area contributed by atoms with Crippen LogP contribution in [0.2, 0.25) is 5.02 Å². The molecule has 1 aromatic carbocycles. The predicted molar refractivity (Wildman–Crippen MR) is 170 cm³/mol. The highest BCUT2D eigenvalue weighted by Crippen LogP contribution is 2.43. The molecule has 44 heavy (non-hydrogen) atoms. The van der Waals surface area contributed by atoms with Gasteiger partial charge in [0.1, 0.15) is 11.1 Å². The van der Waals surface area contributed by atoms with Gasteiger partial charge in [0.2, 0.25) is 5.91 Å². The van der Waals surface area contributed by atoms with Gasteiger partial charge in [0.05, 0.1) is 5.69 Å². The molecule has 0 saturated carbocycles. The molecule has 230 valence electrons. The third kappa shape index (κ3) is 5.92. The van der Waals surface area contributed by atoms with E-state index in [-0.39, 0.29) is 23.4 Å². The Kier molecular flexibility index (Phi) is 9.03. The number of aryl methyl sites for hydroxylation is 2. The fourth-order valence-corrected chi connectivity index (χ4v) is 6.28. The van der Waals surface area contributed by atoms with E-state index < -0.39 is 22.7 Å². The minimum Gasteiger partial charge on any atom is -0.352 e. The number of nitrogens with zero attached hydrogens (tertiary/aromatic N) is 3. The van der Waals surface area contributed by atoms with Gasteiger partial charge in [-0.2, -0.15) is 0 Å². The number of hydrogen-bond acceptors (Lipinski definition) is 6. The molecule has 0 radical (unpaired) electrons. The van der Waals surface area contributed by atoms with Gasteiger partial charge in [0, 0.05) is 62.5 Å². The van der Waals surface area contributed by atoms with Crippen LogP contribution in [0.25, 0.3) is 5.57 Å². The summed E-state index contributed by atoms with van der Waals surface area (Å²) in [6, 6.07) is 11.6. The molecule has 11 heteroatoms. The van der Waals surface area contributed by atoms with E-state index in [0.29, 0.717) is 36.6 Å². The van der Waals surface area contributed by atoms with Gasteiger partial charge in [-0.25, -0.2) is 4.79 Å². The van der Waals surface area contributed by atoms with E-state index in [1.807, 2.05) is 68.5 Å². The van der Waals surface area contributed by atoms with Gasteiger partial charge < -0.3 is 20.5 Å². The number of carbonyl (C=O) groups is 2. The molecule has 0 bridgehead atoms. The number of nitrogens with one attached hydrogen (secondary N) is 3. The smallest absolute Gasteiger partial charge is 0.330 e. The Morgan fingerprint density at radius 3 is 2.64 bits per heavy atom. The highest BCUT2D eigenvalue weighted by molar-refractivity contribution is 6.32. The number of hydrogen-bond donors (Lipinski definition) is 3. The van der Waals surface area contributed by atoms with E-state index in [9.17, 15) is 19.2 Å². The Morgan fingerprint density at radius 1 is 1.16 bits per heavy atom. The molecule has 5 rings (SSSR count). The molecule has 3 atom stereocenters. The number of halogens is 1. The Hall–Kier alpha value is -4.28. The standard InChI is InChI=1S/C33H37ClN6O4/c1-5-27-21(17-35-18-22-13-15-29(41)36-22)12-14-28(37-27)33(38-30(42)25-19-39(3)32(44)40(4)31(25)43)16-8-10-23(20(33)2)24-9-6-7-11-26(24)34/h6-12,14,16,19-20,22,35H,5,13,15,17-18H2,1-4H3,(H,36,41)(H,38,42)/t20-,22?,33?/m0/s1. The molecule has 3 N–H and O–H groups in total. The maximum Gasteiger partial charge on any atom is 0.330 e. The normalized spacial score (nSPS) is 21.2. The first-order valence-corrected chi connectivity index (χ1v) is 15.2. The van der Waals surface area contributed by atoms with Crippen molar-refractivity contribution < 1.29 is 9.59 Å². The first-order valence-electron chi connectivity index (χ1n) is 14.8. The molecule has 2 aromatic heterocycles. The van der Waals surface area contributed by atoms with Crippen LogP contribution >= 0.6 is 11.6 Å². The van der Waals surface area contributed by atoms with Gasteiger partial charge in [-0.3, -0.25) is 23.9 Å². The van der Waals surface area contributed by atoms with Crippen LogP contribution in [0.1, 0.15) is 59.6 Å². The molecular formula is C33H37ClN6O4. The lowest BCUT2D eigenvalue weighted by Crippen LogP contribution is -2.52. The van der Waals surface area contributed by atoms with Crippen LogP contribution in [0.3, 0.4) is 0 Å². The quantitative estimate of drug-likeness (QED) is 0.339. The number of allylic oxidation sites excluding steroid dienone is 2. The summed E-state index contributed by atoms with van der Waals surface area (Å²) in [6.45, 7) is 5.27. The van der Waals surface area contributed by atoms with Crippen LogP contribution < -0.4 is 27.2 Å². The zero-order valence-electron chi connectivity index (χ0n) is 25.3. The molecular weight excluding hydrogens is 580 g/mol. The number of carbonyl (C=O) groups excluding carboxylic acids is 2. The number of aromatic nitrogens is 3. The Balaban J connectivity index is 1.54. The van der Waals surface area contributed by atoms with Crippen molar-refractivity contribution in [2.75, 3.05) is 6.54 Å². The van der Waals surface area contributed by atoms with Crippen LogP contribution in [-0.2, 0) is 37.4 Å². The number of amides is 2. The van der Waals surface area contributed by atoms with E-state index in [0.717, 1.165) is 33.4 Å². The predicted octanol–water partition coefficient (Wildman–Crippen LogP) is 2.98. The second kappa shape index (κ2) is 12.8. The van der Waals surface area contributed by atoms with Crippen LogP contribution in [0.4, 0.5) is 0 Å². The molecule has 1 fully saturated rings. The number of rotatable bonds is 9. The molecule has 2 unspecified atom stereocenters. The van der Waals surface area contributed by atoms with Gasteiger partial charge in [0.15, 0.2) is 0 Å². The van der Waals surface area contributed by atoms with E-state index in [1.165, 1.54) is 24.9 Å². The Bertz CT molecular complexity index is 1790. The molecule has 3 aromatic rings. The summed E-state index contributed by atoms with van der Waals surface area (Å²) in [5.41, 5.74) is 1.71. The highest BCUT2D eigenvalue weighted by atomic mass is 35.5. The maximum atomic E-state index is 13.9. The molecule has 1 aliphatic carbocycles. The second-order valence-corrected chi connectivity index (χ2v) is 11.8. The highest BCUT2D eigenvalue weighted by Gasteiger charge is 2.43. The first-order chi connectivity index (χ1) is 21.1. The van der Waals surface area contributed by atoms with Gasteiger partial charge in [0.25, 0.3) is 11.5 Å². The summed E-state index contributed by atoms with van der Waals surface area (Å²) in [5, 5.41) is 10.1. The summed E-state index contributed by atoms with van der Waals surface area (Å²) in [4.78, 5) is 55.9. The van der Waals surface area contributed by atoms with Crippen LogP contribution in [0.5, 0.6) is 0 Å². The van der Waals surface area contributed by atoms with Crippen molar-refractivity contribution in [1.29, 1.82) is 0 Å². The van der Waals surface area contributed by atoms with Crippen LogP contribution in [-0.4, -0.2) is 38.5 Å². The van der Waals surface area contributed by atoms with Gasteiger partial charge in [-0.1, -0.05) is 67.9 Å². The topological polar surface area (TPSA) is 127 Å². The fourth-order valence-electron chi connectivity index (χ4n) is 6.04. The van der Waals surface area contributed by atoms with E-state index in [2.05, 4.69) is 16.0 Å². The minimum atomic E-state index is -1.15. The van der Waals surface area contributed by atoms with E-state index >= 15 is 0 Å². The lowest BCUT2D eigenvalue weighted by Gasteiger charge is -2.41. The lowest BCUT2D eigenvalue weighted by atomic mass is 9.72. The molecule has 1 saturated heterocycles. The Morgan fingerprint density at radius 2 is 1.93 bits per heavy atom. The molecule has 10 nitrogen and oxygen atoms in total. The lowest BCUT2D eigenvalue weighted by molar-refractivity contribution is -0.119. The first kappa shape index (κ1) is 31.2. The molecule has 2 aliphatic rings. The largest absolute Gasteiger partial charge is 0.352 e. The van der Waals surface area contributed by atoms with Crippen LogP contribution in [0.15, 0.2) is 70.4 Å². The van der Waals surface area contributed by atoms with Crippen molar-refractivity contribution in [1.82, 2.24) is 30.1 Å². The van der Waals surface area contributed by atoms with Crippen molar-refractivity contribution >= 4 is 29.0 Å². The van der Waals surface area contributed by atoms with Crippen LogP contribution in [0, 0.1) is 5.92 Å². The fraction of sp³-hybridized carbons (Fsp3) is 0.364. The summed E-state index contributed by atoms with van der Waals surface area (Å²) in [7, 11) is 2.85. The second-order valence-electron chi connectivity index (χ2n) is 11.4. The molecule has 0 spiro atoms. The molecule has 2 amide bonds. The average molecular weight is 617 g/mol. The van der Waals surface area contributed by atoms with E-state index in [4.69, 9.17) is 16.6 Å². The number of benzene rings is 1. The molecule has 3 heterocycles. The summed E-state index contributed by atoms with van der Waals surface area (Å²) >= 11 is 6.63. The van der Waals surface area contributed by atoms with Gasteiger partial charge >= 0.3 is 5.69 Å². The van der Waals surface area contributed by atoms with Gasteiger partial charge in [-0.15, -0.1) is 0 Å². The van der Waals surface area contributed by atoms with E-state index in [1.54, 1.807) is 0 Å². The van der Waals surface area contributed by atoms with Crippen molar-refractivity contribution in [3.05, 3.63) is 115 Å². The monoisotopic (exact) mass is 616 g/mol. The summed E-state index contributed by atoms with van der Waals surface area (Å²) in [6.07, 6.45) is 9.03. The minimum absolute atomic E-state index is 0.0832. The summed E-state index contributed by atoms with van der Waals surface area (Å²) in [5.74, 6) is -0.887. The van der Waals surface area contributed by atoms with Crippen molar-refractivity contribution in [2.24, 2.45) is 20.0 Å². The average Bonchev–Trinajstić information content (AvgIpc) is 3.44. The third-order valence-corrected chi connectivity index (χ3v) is 8.93. The number of pyridine rings is 1. The van der Waals surface area contributed by atoms with Crippen molar-refractivity contribution in [3.63, 3.8) is 0 Å². The third-order valence-electron chi connectivity index (χ3n) is 8.60. The van der Waals surface area contributed by atoms with Gasteiger partial charge in [-0.05, 0) is 41.7 Å². The molecule has 1 aliphatic heterocycles. The summed E-state index contributed by atoms with van der Waals surface area (Å²) < 4.78 is 2.13. The van der Waals surface area contributed by atoms with Crippen molar-refractivity contribution in [2.45, 2.75) is 51.2 Å². The SMILES string of the molecule is CCc1nc(C2(NC(=O)c3cn(C)c(=O)n(C)c3=O)C=CC=C(c3ccccc3Cl)[C@@H]2C)ccc1CNCC1CCC(=O)N1.